The normalized spacial score (nSPS) is 18.2. The molecule has 126 valence electrons. The number of benzene rings is 1. The van der Waals surface area contributed by atoms with Gasteiger partial charge in [-0.25, -0.2) is 8.93 Å². The average Bonchev–Trinajstić information content (AvgIpc) is 3.00. The molecule has 3 rings (SSSR count). The number of nitrogens with one attached hydrogen (secondary N) is 2. The lowest BCUT2D eigenvalue weighted by molar-refractivity contribution is -0.139. The highest BCUT2D eigenvalue weighted by molar-refractivity contribution is 7.83. The molecule has 0 spiro atoms. The molecule has 0 radical (unpaired) electrons. The van der Waals surface area contributed by atoms with Crippen molar-refractivity contribution in [3.8, 4) is 0 Å². The molecule has 1 fully saturated rings. The van der Waals surface area contributed by atoms with Gasteiger partial charge >= 0.3 is 5.97 Å². The Morgan fingerprint density at radius 2 is 2.04 bits per heavy atom. The fourth-order valence-electron chi connectivity index (χ4n) is 2.30. The maximum absolute atomic E-state index is 12.2. The average molecular weight is 345 g/mol. The van der Waals surface area contributed by atoms with Crippen LogP contribution in [0.25, 0.3) is 0 Å². The molecule has 2 heterocycles. The monoisotopic (exact) mass is 345 g/mol. The SMILES string of the molecule is Cc1ccc(CNc2ccc(S(=O)NC3CCOC3=O)cc2)cn1. The van der Waals surface area contributed by atoms with E-state index in [1.54, 1.807) is 12.1 Å². The summed E-state index contributed by atoms with van der Waals surface area (Å²) in [7, 11) is -1.43. The van der Waals surface area contributed by atoms with Crippen molar-refractivity contribution in [2.45, 2.75) is 30.8 Å². The van der Waals surface area contributed by atoms with Gasteiger partial charge in [-0.1, -0.05) is 6.07 Å². The molecule has 0 bridgehead atoms. The number of hydrogen-bond acceptors (Lipinski definition) is 5. The number of pyridine rings is 1. The molecule has 1 aromatic carbocycles. The van der Waals surface area contributed by atoms with Crippen LogP contribution in [0.5, 0.6) is 0 Å². The van der Waals surface area contributed by atoms with Crippen LogP contribution < -0.4 is 10.0 Å². The molecule has 1 aromatic heterocycles. The van der Waals surface area contributed by atoms with Crippen LogP contribution in [-0.2, 0) is 27.1 Å². The first-order valence-corrected chi connectivity index (χ1v) is 8.87. The summed E-state index contributed by atoms with van der Waals surface area (Å²) in [5.41, 5.74) is 3.01. The van der Waals surface area contributed by atoms with Crippen molar-refractivity contribution in [3.63, 3.8) is 0 Å². The van der Waals surface area contributed by atoms with Crippen molar-refractivity contribution in [1.82, 2.24) is 9.71 Å². The lowest BCUT2D eigenvalue weighted by Gasteiger charge is -2.10. The van der Waals surface area contributed by atoms with Crippen LogP contribution in [0.15, 0.2) is 47.5 Å². The summed E-state index contributed by atoms with van der Waals surface area (Å²) in [6.45, 7) is 3.00. The highest BCUT2D eigenvalue weighted by atomic mass is 32.2. The van der Waals surface area contributed by atoms with E-state index in [4.69, 9.17) is 4.74 Å². The van der Waals surface area contributed by atoms with Crippen LogP contribution in [0.3, 0.4) is 0 Å². The summed E-state index contributed by atoms with van der Waals surface area (Å²) < 4.78 is 19.9. The Morgan fingerprint density at radius 3 is 2.67 bits per heavy atom. The fraction of sp³-hybridized carbons (Fsp3) is 0.294. The van der Waals surface area contributed by atoms with E-state index in [1.165, 1.54) is 0 Å². The first-order valence-electron chi connectivity index (χ1n) is 7.72. The maximum Gasteiger partial charge on any atom is 0.324 e. The summed E-state index contributed by atoms with van der Waals surface area (Å²) >= 11 is 0. The predicted molar refractivity (Wildman–Crippen MR) is 91.7 cm³/mol. The van der Waals surface area contributed by atoms with E-state index in [0.717, 1.165) is 16.9 Å². The summed E-state index contributed by atoms with van der Waals surface area (Å²) in [5, 5.41) is 3.29. The predicted octanol–water partition coefficient (Wildman–Crippen LogP) is 1.93. The molecular formula is C17H19N3O3S. The fourth-order valence-corrected chi connectivity index (χ4v) is 3.30. The van der Waals surface area contributed by atoms with Gasteiger partial charge < -0.3 is 10.1 Å². The Balaban J connectivity index is 1.55. The van der Waals surface area contributed by atoms with E-state index < -0.39 is 17.0 Å². The molecule has 1 saturated heterocycles. The lowest BCUT2D eigenvalue weighted by Crippen LogP contribution is -2.34. The van der Waals surface area contributed by atoms with Crippen molar-refractivity contribution < 1.29 is 13.7 Å². The number of anilines is 1. The van der Waals surface area contributed by atoms with Gasteiger partial charge in [-0.2, -0.15) is 0 Å². The number of aryl methyl sites for hydroxylation is 1. The topological polar surface area (TPSA) is 80.3 Å². The third-order valence-corrected chi connectivity index (χ3v) is 4.92. The van der Waals surface area contributed by atoms with Gasteiger partial charge in [0.1, 0.15) is 17.0 Å². The van der Waals surface area contributed by atoms with Crippen LogP contribution in [0.1, 0.15) is 17.7 Å². The quantitative estimate of drug-likeness (QED) is 0.782. The van der Waals surface area contributed by atoms with E-state index in [2.05, 4.69) is 15.0 Å². The first kappa shape index (κ1) is 16.6. The minimum Gasteiger partial charge on any atom is -0.464 e. The Kier molecular flexibility index (Phi) is 5.22. The van der Waals surface area contributed by atoms with Gasteiger partial charge in [0.15, 0.2) is 0 Å². The summed E-state index contributed by atoms with van der Waals surface area (Å²) in [6.07, 6.45) is 2.39. The van der Waals surface area contributed by atoms with Gasteiger partial charge in [0.25, 0.3) is 0 Å². The van der Waals surface area contributed by atoms with Crippen molar-refractivity contribution in [1.29, 1.82) is 0 Å². The summed E-state index contributed by atoms with van der Waals surface area (Å²) in [6, 6.07) is 10.8. The van der Waals surface area contributed by atoms with Gasteiger partial charge in [-0.15, -0.1) is 0 Å². The largest absolute Gasteiger partial charge is 0.464 e. The Labute approximate surface area is 143 Å². The smallest absolute Gasteiger partial charge is 0.324 e. The van der Waals surface area contributed by atoms with E-state index in [1.807, 2.05) is 37.4 Å². The Bertz CT molecular complexity index is 732. The van der Waals surface area contributed by atoms with Crippen LogP contribution in [0.2, 0.25) is 0 Å². The zero-order valence-corrected chi connectivity index (χ0v) is 14.1. The van der Waals surface area contributed by atoms with Gasteiger partial charge in [-0.05, 0) is 42.8 Å². The van der Waals surface area contributed by atoms with E-state index in [9.17, 15) is 9.00 Å². The minimum absolute atomic E-state index is 0.339. The highest BCUT2D eigenvalue weighted by Gasteiger charge is 2.28. The minimum atomic E-state index is -1.43. The standard InChI is InChI=1S/C17H19N3O3S/c1-12-2-3-13(10-18-12)11-19-14-4-6-15(7-5-14)24(22)20-16-8-9-23-17(16)21/h2-7,10,16,19-20H,8-9,11H2,1H3. The van der Waals surface area contributed by atoms with E-state index in [0.29, 0.717) is 24.5 Å². The molecule has 2 atom stereocenters. The first-order chi connectivity index (χ1) is 11.6. The highest BCUT2D eigenvalue weighted by Crippen LogP contribution is 2.15. The van der Waals surface area contributed by atoms with Crippen LogP contribution in [0, 0.1) is 6.92 Å². The van der Waals surface area contributed by atoms with E-state index >= 15 is 0 Å². The number of ether oxygens (including phenoxy) is 1. The number of esters is 1. The third-order valence-electron chi connectivity index (χ3n) is 3.72. The van der Waals surface area contributed by atoms with Crippen LogP contribution >= 0.6 is 0 Å². The molecular weight excluding hydrogens is 326 g/mol. The Morgan fingerprint density at radius 1 is 1.25 bits per heavy atom. The summed E-state index contributed by atoms with van der Waals surface area (Å²) in [4.78, 5) is 16.3. The van der Waals surface area contributed by atoms with Crippen molar-refractivity contribution >= 4 is 22.6 Å². The number of aromatic nitrogens is 1. The molecule has 24 heavy (non-hydrogen) atoms. The number of rotatable bonds is 6. The molecule has 2 N–H and O–H groups in total. The number of carbonyl (C=O) groups excluding carboxylic acids is 1. The molecule has 2 aromatic rings. The van der Waals surface area contributed by atoms with Crippen molar-refractivity contribution in [2.24, 2.45) is 0 Å². The second-order valence-electron chi connectivity index (χ2n) is 5.58. The molecule has 0 aliphatic carbocycles. The van der Waals surface area contributed by atoms with E-state index in [-0.39, 0.29) is 5.97 Å². The number of nitrogens with zero attached hydrogens (tertiary/aromatic N) is 1. The zero-order chi connectivity index (χ0) is 16.9. The van der Waals surface area contributed by atoms with Gasteiger partial charge in [0, 0.05) is 30.5 Å². The second kappa shape index (κ2) is 7.55. The summed E-state index contributed by atoms with van der Waals surface area (Å²) in [5.74, 6) is -0.339. The maximum atomic E-state index is 12.2. The molecule has 7 heteroatoms. The lowest BCUT2D eigenvalue weighted by atomic mass is 10.2. The van der Waals surface area contributed by atoms with Crippen molar-refractivity contribution in [3.05, 3.63) is 53.9 Å². The van der Waals surface area contributed by atoms with Gasteiger partial charge in [0.05, 0.1) is 11.5 Å². The molecule has 0 amide bonds. The molecule has 1 aliphatic rings. The molecule has 6 nitrogen and oxygen atoms in total. The molecule has 2 unspecified atom stereocenters. The Hall–Kier alpha value is -2.25. The number of hydrogen-bond donors (Lipinski definition) is 2. The number of carbonyl (C=O) groups is 1. The van der Waals surface area contributed by atoms with Crippen LogP contribution in [-0.4, -0.2) is 27.8 Å². The zero-order valence-electron chi connectivity index (χ0n) is 13.3. The van der Waals surface area contributed by atoms with Gasteiger partial charge in [-0.3, -0.25) is 9.78 Å². The van der Waals surface area contributed by atoms with Crippen molar-refractivity contribution in [2.75, 3.05) is 11.9 Å². The molecule has 1 aliphatic heterocycles. The van der Waals surface area contributed by atoms with Crippen LogP contribution in [0.4, 0.5) is 5.69 Å². The van der Waals surface area contributed by atoms with Gasteiger partial charge in [0.2, 0.25) is 0 Å². The second-order valence-corrected chi connectivity index (χ2v) is 6.83. The third kappa shape index (κ3) is 4.18. The number of cyclic esters (lactones) is 1. The molecule has 0 saturated carbocycles.